The summed E-state index contributed by atoms with van der Waals surface area (Å²) in [7, 11) is 2.28. The number of benzene rings is 1. The van der Waals surface area contributed by atoms with E-state index in [2.05, 4.69) is 29.1 Å². The molecule has 0 saturated carbocycles. The van der Waals surface area contributed by atoms with Gasteiger partial charge < -0.3 is 14.4 Å². The third-order valence-corrected chi connectivity index (χ3v) is 5.96. The van der Waals surface area contributed by atoms with Gasteiger partial charge in [-0.15, -0.1) is 11.3 Å². The number of piperazine rings is 1. The molecule has 1 aliphatic heterocycles. The molecule has 24 heavy (non-hydrogen) atoms. The number of likely N-dealkylation sites (N-methyl/N-ethyl adjacent to an activating group) is 1. The SMILES string of the molecule is C[NH+]1CC[NH+](Cc2cc3sccc3n2Cc2ccc(F)cc2)CC1. The molecule has 1 saturated heterocycles. The lowest BCUT2D eigenvalue weighted by Gasteiger charge is -2.27. The van der Waals surface area contributed by atoms with Crippen LogP contribution in [0.5, 0.6) is 0 Å². The summed E-state index contributed by atoms with van der Waals surface area (Å²) in [4.78, 5) is 3.31. The molecule has 4 rings (SSSR count). The molecule has 0 spiro atoms. The van der Waals surface area contributed by atoms with Crippen LogP contribution >= 0.6 is 11.3 Å². The predicted octanol–water partition coefficient (Wildman–Crippen LogP) is 0.803. The molecule has 1 aromatic carbocycles. The van der Waals surface area contributed by atoms with E-state index in [1.165, 1.54) is 42.1 Å². The second-order valence-electron chi connectivity index (χ2n) is 6.90. The van der Waals surface area contributed by atoms with Gasteiger partial charge in [0.15, 0.2) is 0 Å². The fourth-order valence-corrected chi connectivity index (χ4v) is 4.44. The summed E-state index contributed by atoms with van der Waals surface area (Å²) in [5, 5.41) is 2.15. The van der Waals surface area contributed by atoms with Crippen LogP contribution in [-0.4, -0.2) is 37.8 Å². The first-order chi connectivity index (χ1) is 11.7. The van der Waals surface area contributed by atoms with Crippen LogP contribution in [0.3, 0.4) is 0 Å². The zero-order valence-electron chi connectivity index (χ0n) is 14.0. The zero-order chi connectivity index (χ0) is 16.5. The highest BCUT2D eigenvalue weighted by Gasteiger charge is 2.22. The van der Waals surface area contributed by atoms with Crippen LogP contribution in [-0.2, 0) is 13.1 Å². The van der Waals surface area contributed by atoms with Crippen molar-refractivity contribution in [3.05, 3.63) is 58.9 Å². The predicted molar refractivity (Wildman–Crippen MR) is 96.3 cm³/mol. The maximum absolute atomic E-state index is 13.2. The van der Waals surface area contributed by atoms with Crippen LogP contribution in [0.2, 0.25) is 0 Å². The second kappa shape index (κ2) is 6.67. The molecule has 1 fully saturated rings. The monoisotopic (exact) mass is 345 g/mol. The van der Waals surface area contributed by atoms with Crippen molar-refractivity contribution in [2.24, 2.45) is 0 Å². The van der Waals surface area contributed by atoms with E-state index in [-0.39, 0.29) is 5.82 Å². The van der Waals surface area contributed by atoms with Crippen LogP contribution < -0.4 is 9.80 Å². The Balaban J connectivity index is 1.60. The van der Waals surface area contributed by atoms with E-state index in [0.717, 1.165) is 18.7 Å². The van der Waals surface area contributed by atoms with Crippen molar-refractivity contribution in [2.45, 2.75) is 13.1 Å². The van der Waals surface area contributed by atoms with Gasteiger partial charge in [-0.1, -0.05) is 12.1 Å². The molecule has 3 aromatic rings. The summed E-state index contributed by atoms with van der Waals surface area (Å²) in [5.74, 6) is -0.170. The number of hydrogen-bond acceptors (Lipinski definition) is 1. The van der Waals surface area contributed by atoms with Gasteiger partial charge in [0.25, 0.3) is 0 Å². The lowest BCUT2D eigenvalue weighted by atomic mass is 10.2. The summed E-state index contributed by atoms with van der Waals surface area (Å²) < 4.78 is 16.9. The van der Waals surface area contributed by atoms with E-state index in [9.17, 15) is 4.39 Å². The van der Waals surface area contributed by atoms with Crippen molar-refractivity contribution >= 4 is 21.6 Å². The molecule has 0 amide bonds. The average molecular weight is 345 g/mol. The number of rotatable bonds is 4. The van der Waals surface area contributed by atoms with Gasteiger partial charge in [-0.25, -0.2) is 4.39 Å². The van der Waals surface area contributed by atoms with Gasteiger partial charge in [-0.2, -0.15) is 0 Å². The minimum atomic E-state index is -0.170. The lowest BCUT2D eigenvalue weighted by Crippen LogP contribution is -3.26. The standard InChI is InChI=1S/C19H22FN3S/c1-21-7-9-22(10-8-21)14-17-12-19-18(6-11-24-19)23(17)13-15-2-4-16(20)5-3-15/h2-6,11-12H,7-10,13-14H2,1H3/p+2. The highest BCUT2D eigenvalue weighted by atomic mass is 32.1. The van der Waals surface area contributed by atoms with Crippen molar-refractivity contribution in [3.63, 3.8) is 0 Å². The Morgan fingerprint density at radius 1 is 1.08 bits per heavy atom. The van der Waals surface area contributed by atoms with Gasteiger partial charge >= 0.3 is 0 Å². The Morgan fingerprint density at radius 3 is 2.58 bits per heavy atom. The normalized spacial score (nSPS) is 21.4. The maximum Gasteiger partial charge on any atom is 0.127 e. The summed E-state index contributed by atoms with van der Waals surface area (Å²) in [6.07, 6.45) is 0. The summed E-state index contributed by atoms with van der Waals surface area (Å²) >= 11 is 1.80. The largest absolute Gasteiger partial charge is 0.335 e. The van der Waals surface area contributed by atoms with E-state index < -0.39 is 0 Å². The number of thiophene rings is 1. The smallest absolute Gasteiger partial charge is 0.127 e. The van der Waals surface area contributed by atoms with Gasteiger partial charge in [0.1, 0.15) is 38.5 Å². The number of nitrogens with one attached hydrogen (secondary N) is 2. The van der Waals surface area contributed by atoms with Crippen molar-refractivity contribution < 1.29 is 14.2 Å². The van der Waals surface area contributed by atoms with Crippen molar-refractivity contribution in [1.29, 1.82) is 0 Å². The van der Waals surface area contributed by atoms with Gasteiger partial charge in [0.2, 0.25) is 0 Å². The molecule has 1 aliphatic rings. The van der Waals surface area contributed by atoms with Gasteiger partial charge in [0.05, 0.1) is 23.0 Å². The number of fused-ring (bicyclic) bond motifs is 1. The first-order valence-corrected chi connectivity index (χ1v) is 9.52. The van der Waals surface area contributed by atoms with Crippen LogP contribution in [0.4, 0.5) is 4.39 Å². The van der Waals surface area contributed by atoms with Gasteiger partial charge in [-0.3, -0.25) is 0 Å². The molecule has 3 heterocycles. The zero-order valence-corrected chi connectivity index (χ0v) is 14.8. The Bertz CT molecular complexity index is 813. The molecule has 2 aromatic heterocycles. The topological polar surface area (TPSA) is 13.8 Å². The number of quaternary nitrogens is 2. The van der Waals surface area contributed by atoms with Crippen LogP contribution in [0, 0.1) is 5.82 Å². The summed E-state index contributed by atoms with van der Waals surface area (Å²) in [6.45, 7) is 6.87. The van der Waals surface area contributed by atoms with Gasteiger partial charge in [-0.05, 0) is 35.2 Å². The molecule has 3 nitrogen and oxygen atoms in total. The number of aromatic nitrogens is 1. The van der Waals surface area contributed by atoms with Crippen molar-refractivity contribution in [3.8, 4) is 0 Å². The van der Waals surface area contributed by atoms with E-state index in [0.29, 0.717) is 0 Å². The first kappa shape index (κ1) is 15.8. The third kappa shape index (κ3) is 3.24. The number of nitrogens with zero attached hydrogens (tertiary/aromatic N) is 1. The van der Waals surface area contributed by atoms with Crippen LogP contribution in [0.25, 0.3) is 10.2 Å². The molecule has 0 aliphatic carbocycles. The lowest BCUT2D eigenvalue weighted by molar-refractivity contribution is -1.01. The van der Waals surface area contributed by atoms with E-state index in [1.807, 2.05) is 12.1 Å². The molecule has 2 N–H and O–H groups in total. The number of hydrogen-bond donors (Lipinski definition) is 2. The van der Waals surface area contributed by atoms with E-state index in [1.54, 1.807) is 33.3 Å². The van der Waals surface area contributed by atoms with Gasteiger partial charge in [0, 0.05) is 6.54 Å². The summed E-state index contributed by atoms with van der Waals surface area (Å²) in [5.41, 5.74) is 3.85. The minimum Gasteiger partial charge on any atom is -0.335 e. The first-order valence-electron chi connectivity index (χ1n) is 8.64. The highest BCUT2D eigenvalue weighted by Crippen LogP contribution is 2.26. The second-order valence-corrected chi connectivity index (χ2v) is 7.85. The van der Waals surface area contributed by atoms with Crippen LogP contribution in [0.15, 0.2) is 41.8 Å². The number of halogens is 1. The molecular formula is C19H24FN3S+2. The Hall–Kier alpha value is -1.69. The molecule has 5 heteroatoms. The summed E-state index contributed by atoms with van der Waals surface area (Å²) in [6, 6.07) is 11.4. The molecular weight excluding hydrogens is 321 g/mol. The minimum absolute atomic E-state index is 0.170. The third-order valence-electron chi connectivity index (χ3n) is 5.10. The quantitative estimate of drug-likeness (QED) is 0.695. The molecule has 0 unspecified atom stereocenters. The Morgan fingerprint density at radius 2 is 1.83 bits per heavy atom. The van der Waals surface area contributed by atoms with Crippen molar-refractivity contribution in [1.82, 2.24) is 4.57 Å². The highest BCUT2D eigenvalue weighted by molar-refractivity contribution is 7.17. The van der Waals surface area contributed by atoms with Crippen LogP contribution in [0.1, 0.15) is 11.3 Å². The molecule has 0 bridgehead atoms. The van der Waals surface area contributed by atoms with Crippen molar-refractivity contribution in [2.75, 3.05) is 33.2 Å². The van der Waals surface area contributed by atoms with E-state index >= 15 is 0 Å². The molecule has 0 atom stereocenters. The molecule has 126 valence electrons. The Kier molecular flexibility index (Phi) is 4.39. The van der Waals surface area contributed by atoms with E-state index in [4.69, 9.17) is 0 Å². The Labute approximate surface area is 145 Å². The fraction of sp³-hybridized carbons (Fsp3) is 0.368. The average Bonchev–Trinajstić information content (AvgIpc) is 3.15. The molecule has 0 radical (unpaired) electrons. The maximum atomic E-state index is 13.2. The fourth-order valence-electron chi connectivity index (χ4n) is 3.60.